The molecule has 0 aromatic heterocycles. The lowest BCUT2D eigenvalue weighted by Gasteiger charge is -2.34. The van der Waals surface area contributed by atoms with Crippen molar-refractivity contribution in [2.45, 2.75) is 25.9 Å². The average molecular weight is 328 g/mol. The van der Waals surface area contributed by atoms with Crippen molar-refractivity contribution in [1.29, 1.82) is 0 Å². The highest BCUT2D eigenvalue weighted by Crippen LogP contribution is 2.26. The Balaban J connectivity index is 2.12. The van der Waals surface area contributed by atoms with Crippen LogP contribution in [0.15, 0.2) is 22.7 Å². The Kier molecular flexibility index (Phi) is 4.47. The first-order valence-corrected chi connectivity index (χ1v) is 7.24. The molecule has 1 heterocycles. The van der Waals surface area contributed by atoms with Gasteiger partial charge in [0.1, 0.15) is 5.75 Å². The van der Waals surface area contributed by atoms with Crippen LogP contribution >= 0.6 is 15.9 Å². The van der Waals surface area contributed by atoms with Crippen molar-refractivity contribution in [1.82, 2.24) is 4.90 Å². The molecule has 1 saturated heterocycles. The maximum absolute atomic E-state index is 12.3. The van der Waals surface area contributed by atoms with Gasteiger partial charge in [0.05, 0.1) is 10.6 Å². The SMILES string of the molecule is C[C@@H](O)[C@@H]1CCCN(C(=O)c2ccc(Br)c(O)c2)C1. The van der Waals surface area contributed by atoms with Gasteiger partial charge < -0.3 is 15.1 Å². The maximum Gasteiger partial charge on any atom is 0.253 e. The monoisotopic (exact) mass is 327 g/mol. The van der Waals surface area contributed by atoms with Crippen LogP contribution in [0.3, 0.4) is 0 Å². The lowest BCUT2D eigenvalue weighted by Crippen LogP contribution is -2.42. The van der Waals surface area contributed by atoms with Crippen molar-refractivity contribution in [3.8, 4) is 5.75 Å². The molecule has 1 aliphatic rings. The molecule has 1 amide bonds. The zero-order valence-electron chi connectivity index (χ0n) is 10.8. The van der Waals surface area contributed by atoms with E-state index in [1.54, 1.807) is 24.0 Å². The highest BCUT2D eigenvalue weighted by molar-refractivity contribution is 9.10. The van der Waals surface area contributed by atoms with E-state index in [9.17, 15) is 15.0 Å². The van der Waals surface area contributed by atoms with Gasteiger partial charge in [0.25, 0.3) is 5.91 Å². The number of likely N-dealkylation sites (tertiary alicyclic amines) is 1. The van der Waals surface area contributed by atoms with Crippen LogP contribution in [-0.2, 0) is 0 Å². The number of amides is 1. The molecule has 1 fully saturated rings. The Morgan fingerprint density at radius 2 is 2.26 bits per heavy atom. The standard InChI is InChI=1S/C14H18BrNO3/c1-9(17)11-3-2-6-16(8-11)14(19)10-4-5-12(15)13(18)7-10/h4-5,7,9,11,17-18H,2-3,6,8H2,1H3/t9-,11-/m1/s1. The second-order valence-electron chi connectivity index (χ2n) is 5.06. The smallest absolute Gasteiger partial charge is 0.253 e. The molecule has 0 radical (unpaired) electrons. The maximum atomic E-state index is 12.3. The molecule has 1 aromatic carbocycles. The topological polar surface area (TPSA) is 60.8 Å². The van der Waals surface area contributed by atoms with Crippen LogP contribution in [0.5, 0.6) is 5.75 Å². The van der Waals surface area contributed by atoms with Crippen molar-refractivity contribution in [2.24, 2.45) is 5.92 Å². The third-order valence-corrected chi connectivity index (χ3v) is 4.29. The van der Waals surface area contributed by atoms with Gasteiger partial charge in [-0.1, -0.05) is 0 Å². The normalized spacial score (nSPS) is 21.2. The molecule has 0 saturated carbocycles. The number of nitrogens with zero attached hydrogens (tertiary/aromatic N) is 1. The van der Waals surface area contributed by atoms with E-state index in [0.717, 1.165) is 12.8 Å². The summed E-state index contributed by atoms with van der Waals surface area (Å²) in [6.45, 7) is 3.05. The molecule has 4 nitrogen and oxygen atoms in total. The van der Waals surface area contributed by atoms with Crippen LogP contribution in [0.1, 0.15) is 30.1 Å². The third-order valence-electron chi connectivity index (χ3n) is 3.62. The summed E-state index contributed by atoms with van der Waals surface area (Å²) in [4.78, 5) is 14.1. The van der Waals surface area contributed by atoms with Crippen LogP contribution in [0.4, 0.5) is 0 Å². The van der Waals surface area contributed by atoms with E-state index in [1.165, 1.54) is 6.07 Å². The fourth-order valence-electron chi connectivity index (χ4n) is 2.42. The van der Waals surface area contributed by atoms with Gasteiger partial charge in [-0.15, -0.1) is 0 Å². The van der Waals surface area contributed by atoms with Gasteiger partial charge in [-0.3, -0.25) is 4.79 Å². The molecule has 2 rings (SSSR count). The van der Waals surface area contributed by atoms with E-state index in [1.807, 2.05) is 0 Å². The van der Waals surface area contributed by atoms with Crippen LogP contribution in [0.25, 0.3) is 0 Å². The minimum Gasteiger partial charge on any atom is -0.507 e. The number of benzene rings is 1. The number of hydrogen-bond acceptors (Lipinski definition) is 3. The van der Waals surface area contributed by atoms with Crippen molar-refractivity contribution in [3.63, 3.8) is 0 Å². The molecule has 2 N–H and O–H groups in total. The van der Waals surface area contributed by atoms with Gasteiger partial charge in [-0.25, -0.2) is 0 Å². The molecule has 104 valence electrons. The van der Waals surface area contributed by atoms with Gasteiger partial charge in [0.2, 0.25) is 0 Å². The summed E-state index contributed by atoms with van der Waals surface area (Å²) in [5.74, 6) is 0.116. The zero-order chi connectivity index (χ0) is 14.0. The van der Waals surface area contributed by atoms with Crippen LogP contribution < -0.4 is 0 Å². The van der Waals surface area contributed by atoms with Crippen molar-refractivity contribution >= 4 is 21.8 Å². The molecule has 0 spiro atoms. The van der Waals surface area contributed by atoms with Gasteiger partial charge in [0, 0.05) is 24.6 Å². The molecule has 1 aliphatic heterocycles. The number of hydrogen-bond donors (Lipinski definition) is 2. The number of carbonyl (C=O) groups excluding carboxylic acids is 1. The second kappa shape index (κ2) is 5.92. The second-order valence-corrected chi connectivity index (χ2v) is 5.91. The summed E-state index contributed by atoms with van der Waals surface area (Å²) in [5.41, 5.74) is 0.479. The van der Waals surface area contributed by atoms with E-state index in [2.05, 4.69) is 15.9 Å². The minimum absolute atomic E-state index is 0.0648. The Morgan fingerprint density at radius 1 is 1.53 bits per heavy atom. The van der Waals surface area contributed by atoms with Crippen LogP contribution in [0.2, 0.25) is 0 Å². The molecule has 0 unspecified atom stereocenters. The fraction of sp³-hybridized carbons (Fsp3) is 0.500. The van der Waals surface area contributed by atoms with E-state index in [0.29, 0.717) is 23.1 Å². The first-order chi connectivity index (χ1) is 8.99. The highest BCUT2D eigenvalue weighted by atomic mass is 79.9. The van der Waals surface area contributed by atoms with E-state index < -0.39 is 6.10 Å². The summed E-state index contributed by atoms with van der Waals surface area (Å²) < 4.78 is 0.574. The minimum atomic E-state index is -0.395. The van der Waals surface area contributed by atoms with Crippen molar-refractivity contribution < 1.29 is 15.0 Å². The van der Waals surface area contributed by atoms with E-state index >= 15 is 0 Å². The highest BCUT2D eigenvalue weighted by Gasteiger charge is 2.27. The van der Waals surface area contributed by atoms with Gasteiger partial charge in [-0.05, 0) is 53.9 Å². The number of halogens is 1. The number of aliphatic hydroxyl groups excluding tert-OH is 1. The number of piperidine rings is 1. The molecule has 1 aromatic rings. The van der Waals surface area contributed by atoms with Crippen LogP contribution in [0, 0.1) is 5.92 Å². The Morgan fingerprint density at radius 3 is 2.89 bits per heavy atom. The lowest BCUT2D eigenvalue weighted by atomic mass is 9.93. The van der Waals surface area contributed by atoms with Gasteiger partial charge in [0.15, 0.2) is 0 Å². The van der Waals surface area contributed by atoms with Gasteiger partial charge >= 0.3 is 0 Å². The predicted octanol–water partition coefficient (Wildman–Crippen LogP) is 2.39. The Bertz CT molecular complexity index is 476. The molecular weight excluding hydrogens is 310 g/mol. The first kappa shape index (κ1) is 14.3. The number of aliphatic hydroxyl groups is 1. The molecule has 2 atom stereocenters. The fourth-order valence-corrected chi connectivity index (χ4v) is 2.66. The van der Waals surface area contributed by atoms with Crippen molar-refractivity contribution in [2.75, 3.05) is 13.1 Å². The first-order valence-electron chi connectivity index (χ1n) is 6.45. The number of rotatable bonds is 2. The number of carbonyl (C=O) groups is 1. The number of phenolic OH excluding ortho intramolecular Hbond substituents is 1. The summed E-state index contributed by atoms with van der Waals surface area (Å²) >= 11 is 3.20. The van der Waals surface area contributed by atoms with E-state index in [-0.39, 0.29) is 17.6 Å². The van der Waals surface area contributed by atoms with Crippen molar-refractivity contribution in [3.05, 3.63) is 28.2 Å². The van der Waals surface area contributed by atoms with Crippen LogP contribution in [-0.4, -0.2) is 40.2 Å². The summed E-state index contributed by atoms with van der Waals surface area (Å²) in [6, 6.07) is 4.83. The molecule has 5 heteroatoms. The zero-order valence-corrected chi connectivity index (χ0v) is 12.4. The summed E-state index contributed by atoms with van der Waals surface area (Å²) in [5, 5.41) is 19.3. The Hall–Kier alpha value is -1.07. The third kappa shape index (κ3) is 3.28. The lowest BCUT2D eigenvalue weighted by molar-refractivity contribution is 0.0465. The summed E-state index contributed by atoms with van der Waals surface area (Å²) in [6.07, 6.45) is 1.46. The molecule has 0 aliphatic carbocycles. The quantitative estimate of drug-likeness (QED) is 0.876. The molecule has 0 bridgehead atoms. The summed E-state index contributed by atoms with van der Waals surface area (Å²) in [7, 11) is 0. The molecule has 19 heavy (non-hydrogen) atoms. The van der Waals surface area contributed by atoms with E-state index in [4.69, 9.17) is 0 Å². The Labute approximate surface area is 121 Å². The molecular formula is C14H18BrNO3. The average Bonchev–Trinajstić information content (AvgIpc) is 2.41. The predicted molar refractivity (Wildman–Crippen MR) is 76.1 cm³/mol. The largest absolute Gasteiger partial charge is 0.507 e. The number of phenols is 1. The number of aromatic hydroxyl groups is 1. The van der Waals surface area contributed by atoms with Gasteiger partial charge in [-0.2, -0.15) is 0 Å².